The first-order valence-corrected chi connectivity index (χ1v) is 12.4. The number of hydrogen-bond acceptors (Lipinski definition) is 7. The number of carbonyl (C=O) groups is 2. The van der Waals surface area contributed by atoms with Gasteiger partial charge in [0.2, 0.25) is 11.8 Å². The molecule has 0 aliphatic carbocycles. The van der Waals surface area contributed by atoms with Crippen molar-refractivity contribution in [2.75, 3.05) is 23.3 Å². The number of nitrogens with zero attached hydrogens (tertiary/aromatic N) is 3. The van der Waals surface area contributed by atoms with Crippen molar-refractivity contribution in [1.82, 2.24) is 4.98 Å². The molecule has 4 aromatic rings. The van der Waals surface area contributed by atoms with Crippen molar-refractivity contribution < 1.29 is 27.9 Å². The zero-order valence-corrected chi connectivity index (χ0v) is 20.7. The molecule has 1 heterocycles. The van der Waals surface area contributed by atoms with E-state index in [2.05, 4.69) is 20.5 Å². The van der Waals surface area contributed by atoms with E-state index >= 15 is 0 Å². The van der Waals surface area contributed by atoms with Gasteiger partial charge in [0.25, 0.3) is 15.9 Å². The summed E-state index contributed by atoms with van der Waals surface area (Å²) >= 11 is 0. The summed E-state index contributed by atoms with van der Waals surface area (Å²) in [5, 5.41) is 20.8. The second kappa shape index (κ2) is 10.5. The maximum Gasteiger partial charge on any atom is 0.285 e. The highest BCUT2D eigenvalue weighted by atomic mass is 32.2. The van der Waals surface area contributed by atoms with E-state index in [1.165, 1.54) is 50.4 Å². The fourth-order valence-corrected chi connectivity index (χ4v) is 4.99. The average Bonchev–Trinajstić information content (AvgIpc) is 3.20. The molecule has 4 rings (SSSR count). The maximum atomic E-state index is 13.6. The molecule has 37 heavy (non-hydrogen) atoms. The minimum absolute atomic E-state index is 0.0661. The number of fused-ring (bicyclic) bond motifs is 1. The summed E-state index contributed by atoms with van der Waals surface area (Å²) in [5.74, 6) is -0.926. The Morgan fingerprint density at radius 2 is 1.70 bits per heavy atom. The highest BCUT2D eigenvalue weighted by molar-refractivity contribution is 7.92. The standard InChI is InChI=1S/C25H23N5O6S/c1-16(31)26-17-7-13-20(14-8-17)37(34,35)30(18-9-11-19(36-2)12-10-18)15-23(32)28-29-24-21-5-3-4-6-22(21)27-25(24)33/h3-14,27,33H,15H2,1-2H3,(H,26,31). The summed E-state index contributed by atoms with van der Waals surface area (Å²) in [5.41, 5.74) is 1.29. The lowest BCUT2D eigenvalue weighted by atomic mass is 10.2. The van der Waals surface area contributed by atoms with Gasteiger partial charge < -0.3 is 20.1 Å². The van der Waals surface area contributed by atoms with Gasteiger partial charge in [-0.1, -0.05) is 18.2 Å². The SMILES string of the molecule is COc1ccc(N(CC(=O)N=Nc2c(O)[nH]c3ccccc23)S(=O)(=O)c2ccc(NC(C)=O)cc2)cc1. The average molecular weight is 522 g/mol. The van der Waals surface area contributed by atoms with Crippen molar-refractivity contribution in [2.24, 2.45) is 10.2 Å². The van der Waals surface area contributed by atoms with Gasteiger partial charge in [-0.2, -0.15) is 0 Å². The number of para-hydroxylation sites is 1. The third kappa shape index (κ3) is 5.59. The van der Waals surface area contributed by atoms with Crippen LogP contribution in [0.4, 0.5) is 17.1 Å². The number of methoxy groups -OCH3 is 1. The molecule has 11 nitrogen and oxygen atoms in total. The van der Waals surface area contributed by atoms with Crippen LogP contribution in [0.2, 0.25) is 0 Å². The molecule has 190 valence electrons. The summed E-state index contributed by atoms with van der Waals surface area (Å²) in [6.07, 6.45) is 0. The van der Waals surface area contributed by atoms with E-state index in [4.69, 9.17) is 4.74 Å². The number of aromatic nitrogens is 1. The van der Waals surface area contributed by atoms with Crippen molar-refractivity contribution in [1.29, 1.82) is 0 Å². The first kappa shape index (κ1) is 25.4. The van der Waals surface area contributed by atoms with Crippen molar-refractivity contribution >= 4 is 49.8 Å². The van der Waals surface area contributed by atoms with Crippen molar-refractivity contribution in [2.45, 2.75) is 11.8 Å². The quantitative estimate of drug-likeness (QED) is 0.293. The molecule has 0 spiro atoms. The number of benzene rings is 3. The fraction of sp³-hybridized carbons (Fsp3) is 0.120. The number of H-pyrrole nitrogens is 1. The number of rotatable bonds is 8. The highest BCUT2D eigenvalue weighted by Gasteiger charge is 2.27. The summed E-state index contributed by atoms with van der Waals surface area (Å²) in [6.45, 7) is 0.682. The van der Waals surface area contributed by atoms with E-state index in [1.54, 1.807) is 36.4 Å². The Hall–Kier alpha value is -4.71. The smallest absolute Gasteiger partial charge is 0.285 e. The number of anilines is 2. The van der Waals surface area contributed by atoms with Crippen LogP contribution < -0.4 is 14.4 Å². The van der Waals surface area contributed by atoms with E-state index in [0.29, 0.717) is 22.3 Å². The van der Waals surface area contributed by atoms with Crippen LogP contribution in [0, 0.1) is 0 Å². The minimum Gasteiger partial charge on any atom is -0.497 e. The number of aromatic amines is 1. The van der Waals surface area contributed by atoms with Gasteiger partial charge in [-0.3, -0.25) is 13.9 Å². The molecular weight excluding hydrogens is 498 g/mol. The Balaban J connectivity index is 1.65. The normalized spacial score (nSPS) is 11.5. The third-order valence-corrected chi connectivity index (χ3v) is 7.11. The summed E-state index contributed by atoms with van der Waals surface area (Å²) < 4.78 is 33.2. The molecule has 0 aliphatic heterocycles. The van der Waals surface area contributed by atoms with E-state index in [0.717, 1.165) is 4.31 Å². The molecule has 0 saturated carbocycles. The zero-order valence-electron chi connectivity index (χ0n) is 19.9. The maximum absolute atomic E-state index is 13.6. The second-order valence-electron chi connectivity index (χ2n) is 7.88. The number of sulfonamides is 1. The predicted molar refractivity (Wildman–Crippen MR) is 138 cm³/mol. The predicted octanol–water partition coefficient (Wildman–Crippen LogP) is 4.35. The van der Waals surface area contributed by atoms with Gasteiger partial charge in [0.15, 0.2) is 5.69 Å². The molecule has 3 N–H and O–H groups in total. The lowest BCUT2D eigenvalue weighted by molar-refractivity contribution is -0.117. The number of amides is 2. The molecule has 3 aromatic carbocycles. The molecule has 0 radical (unpaired) electrons. The minimum atomic E-state index is -4.23. The third-order valence-electron chi connectivity index (χ3n) is 5.32. The number of nitrogens with one attached hydrogen (secondary N) is 2. The molecule has 1 aromatic heterocycles. The van der Waals surface area contributed by atoms with E-state index in [-0.39, 0.29) is 28.1 Å². The number of azo groups is 1. The summed E-state index contributed by atoms with van der Waals surface area (Å²) in [4.78, 5) is 26.7. The van der Waals surface area contributed by atoms with E-state index < -0.39 is 22.5 Å². The number of carbonyl (C=O) groups excluding carboxylic acids is 2. The topological polar surface area (TPSA) is 154 Å². The molecule has 0 aliphatic rings. The lowest BCUT2D eigenvalue weighted by Crippen LogP contribution is -2.35. The van der Waals surface area contributed by atoms with Gasteiger partial charge in [0.1, 0.15) is 12.3 Å². The Kier molecular flexibility index (Phi) is 7.20. The van der Waals surface area contributed by atoms with Crippen LogP contribution in [0.25, 0.3) is 10.9 Å². The van der Waals surface area contributed by atoms with E-state index in [9.17, 15) is 23.1 Å². The van der Waals surface area contributed by atoms with Crippen LogP contribution in [0.1, 0.15) is 6.92 Å². The molecule has 0 unspecified atom stereocenters. The first-order valence-electron chi connectivity index (χ1n) is 11.0. The number of ether oxygens (including phenoxy) is 1. The van der Waals surface area contributed by atoms with Gasteiger partial charge >= 0.3 is 0 Å². The van der Waals surface area contributed by atoms with Gasteiger partial charge in [-0.25, -0.2) is 8.42 Å². The van der Waals surface area contributed by atoms with Crippen LogP contribution in [0.3, 0.4) is 0 Å². The van der Waals surface area contributed by atoms with Crippen LogP contribution in [0.15, 0.2) is 87.9 Å². The molecular formula is C25H23N5O6S. The van der Waals surface area contributed by atoms with Gasteiger partial charge in [-0.15, -0.1) is 10.2 Å². The number of aromatic hydroxyl groups is 1. The highest BCUT2D eigenvalue weighted by Crippen LogP contribution is 2.35. The monoisotopic (exact) mass is 521 g/mol. The van der Waals surface area contributed by atoms with Crippen LogP contribution >= 0.6 is 0 Å². The Morgan fingerprint density at radius 3 is 2.35 bits per heavy atom. The van der Waals surface area contributed by atoms with E-state index in [1.807, 2.05) is 0 Å². The molecule has 0 saturated heterocycles. The fourth-order valence-electron chi connectivity index (χ4n) is 3.58. The lowest BCUT2D eigenvalue weighted by Gasteiger charge is -2.23. The first-order chi connectivity index (χ1) is 17.7. The van der Waals surface area contributed by atoms with Gasteiger partial charge in [0.05, 0.1) is 23.2 Å². The second-order valence-corrected chi connectivity index (χ2v) is 9.74. The van der Waals surface area contributed by atoms with Gasteiger partial charge in [-0.05, 0) is 54.6 Å². The van der Waals surface area contributed by atoms with Crippen LogP contribution in [0.5, 0.6) is 11.6 Å². The Labute approximate surface area is 212 Å². The molecule has 0 bridgehead atoms. The largest absolute Gasteiger partial charge is 0.497 e. The Morgan fingerprint density at radius 1 is 1.03 bits per heavy atom. The molecule has 2 amide bonds. The van der Waals surface area contributed by atoms with Crippen LogP contribution in [-0.4, -0.2) is 44.0 Å². The molecule has 12 heteroatoms. The molecule has 0 fully saturated rings. The van der Waals surface area contributed by atoms with Crippen molar-refractivity contribution in [3.05, 3.63) is 72.8 Å². The Bertz CT molecular complexity index is 1580. The van der Waals surface area contributed by atoms with Crippen molar-refractivity contribution in [3.63, 3.8) is 0 Å². The van der Waals surface area contributed by atoms with Gasteiger partial charge in [0, 0.05) is 18.0 Å². The molecule has 0 atom stereocenters. The van der Waals surface area contributed by atoms with Crippen molar-refractivity contribution in [3.8, 4) is 11.6 Å². The summed E-state index contributed by atoms with van der Waals surface area (Å²) in [7, 11) is -2.75. The number of hydrogen-bond donors (Lipinski definition) is 3. The zero-order chi connectivity index (χ0) is 26.6. The summed E-state index contributed by atoms with van der Waals surface area (Å²) in [6, 6.07) is 18.6. The van der Waals surface area contributed by atoms with Crippen LogP contribution in [-0.2, 0) is 19.6 Å².